The molecule has 0 aliphatic rings. The summed E-state index contributed by atoms with van der Waals surface area (Å²) >= 11 is 0. The van der Waals surface area contributed by atoms with Crippen molar-refractivity contribution in [1.82, 2.24) is 14.5 Å². The molecule has 0 N–H and O–H groups in total. The van der Waals surface area contributed by atoms with Crippen LogP contribution in [-0.4, -0.2) is 14.5 Å². The monoisotopic (exact) mass is 287 g/mol. The van der Waals surface area contributed by atoms with E-state index < -0.39 is 0 Å². The summed E-state index contributed by atoms with van der Waals surface area (Å²) in [5, 5.41) is 2.37. The van der Waals surface area contributed by atoms with Crippen LogP contribution in [0.4, 0.5) is 0 Å². The van der Waals surface area contributed by atoms with E-state index in [9.17, 15) is 0 Å². The number of para-hydroxylation sites is 1. The summed E-state index contributed by atoms with van der Waals surface area (Å²) in [4.78, 5) is 9.24. The lowest BCUT2D eigenvalue weighted by molar-refractivity contribution is 0.854. The number of rotatable bonds is 2. The molecular weight excluding hydrogens is 270 g/mol. The van der Waals surface area contributed by atoms with Crippen LogP contribution in [0.3, 0.4) is 0 Å². The van der Waals surface area contributed by atoms with E-state index in [2.05, 4.69) is 70.8 Å². The molecule has 0 saturated heterocycles. The van der Waals surface area contributed by atoms with Crippen molar-refractivity contribution in [1.29, 1.82) is 0 Å². The van der Waals surface area contributed by atoms with Crippen LogP contribution in [0.25, 0.3) is 27.8 Å². The Balaban J connectivity index is 2.04. The van der Waals surface area contributed by atoms with Crippen LogP contribution >= 0.6 is 0 Å². The molecule has 108 valence electrons. The van der Waals surface area contributed by atoms with Crippen molar-refractivity contribution in [3.63, 3.8) is 0 Å². The van der Waals surface area contributed by atoms with Gasteiger partial charge >= 0.3 is 0 Å². The standard InChI is InChI=1S/C19H17N3/c1-13(2)14-9-10-18(21-12-14)22-17-8-4-3-6-15(17)16-7-5-11-20-19(16)22/h3-13H,1-2H3. The zero-order valence-corrected chi connectivity index (χ0v) is 12.7. The van der Waals surface area contributed by atoms with E-state index in [0.717, 1.165) is 22.4 Å². The van der Waals surface area contributed by atoms with Crippen LogP contribution in [0.2, 0.25) is 0 Å². The first-order valence-corrected chi connectivity index (χ1v) is 7.56. The fourth-order valence-electron chi connectivity index (χ4n) is 2.90. The van der Waals surface area contributed by atoms with Gasteiger partial charge < -0.3 is 0 Å². The Bertz CT molecular complexity index is 896. The van der Waals surface area contributed by atoms with Crippen LogP contribution in [0.5, 0.6) is 0 Å². The third-order valence-corrected chi connectivity index (χ3v) is 4.10. The molecule has 3 nitrogen and oxygen atoms in total. The molecule has 0 radical (unpaired) electrons. The molecule has 4 rings (SSSR count). The SMILES string of the molecule is CC(C)c1ccc(-n2c3ccccc3c3cccnc32)nc1. The van der Waals surface area contributed by atoms with E-state index in [1.165, 1.54) is 10.9 Å². The number of hydrogen-bond donors (Lipinski definition) is 0. The van der Waals surface area contributed by atoms with Crippen molar-refractivity contribution in [2.24, 2.45) is 0 Å². The Morgan fingerprint density at radius 3 is 2.45 bits per heavy atom. The molecule has 0 saturated carbocycles. The third kappa shape index (κ3) is 1.90. The molecule has 3 heterocycles. The van der Waals surface area contributed by atoms with E-state index in [1.54, 1.807) is 0 Å². The second-order valence-corrected chi connectivity index (χ2v) is 5.83. The molecule has 1 aromatic carbocycles. The van der Waals surface area contributed by atoms with Crippen LogP contribution in [0.15, 0.2) is 60.9 Å². The lowest BCUT2D eigenvalue weighted by atomic mass is 10.1. The normalized spacial score (nSPS) is 11.6. The van der Waals surface area contributed by atoms with Gasteiger partial charge in [0.2, 0.25) is 0 Å². The summed E-state index contributed by atoms with van der Waals surface area (Å²) in [5.41, 5.74) is 3.34. The molecule has 22 heavy (non-hydrogen) atoms. The van der Waals surface area contributed by atoms with Gasteiger partial charge in [0.15, 0.2) is 0 Å². The second-order valence-electron chi connectivity index (χ2n) is 5.83. The second kappa shape index (κ2) is 4.95. The maximum absolute atomic E-state index is 4.67. The molecule has 0 aliphatic carbocycles. The molecule has 0 fully saturated rings. The third-order valence-electron chi connectivity index (χ3n) is 4.10. The number of fused-ring (bicyclic) bond motifs is 3. The summed E-state index contributed by atoms with van der Waals surface area (Å²) in [7, 11) is 0. The summed E-state index contributed by atoms with van der Waals surface area (Å²) in [5.74, 6) is 1.40. The van der Waals surface area contributed by atoms with Gasteiger partial charge in [0.1, 0.15) is 11.5 Å². The predicted molar refractivity (Wildman–Crippen MR) is 90.5 cm³/mol. The van der Waals surface area contributed by atoms with Crippen LogP contribution in [0, 0.1) is 0 Å². The Hall–Kier alpha value is -2.68. The summed E-state index contributed by atoms with van der Waals surface area (Å²) < 4.78 is 2.13. The topological polar surface area (TPSA) is 30.7 Å². The summed E-state index contributed by atoms with van der Waals surface area (Å²) in [6, 6.07) is 16.7. The van der Waals surface area contributed by atoms with Crippen molar-refractivity contribution in [3.05, 3.63) is 66.5 Å². The molecule has 3 heteroatoms. The van der Waals surface area contributed by atoms with Crippen LogP contribution < -0.4 is 0 Å². The first kappa shape index (κ1) is 13.0. The molecule has 0 aliphatic heterocycles. The predicted octanol–water partition coefficient (Wildman–Crippen LogP) is 4.70. The van der Waals surface area contributed by atoms with Gasteiger partial charge in [-0.2, -0.15) is 0 Å². The minimum Gasteiger partial charge on any atom is -0.278 e. The fourth-order valence-corrected chi connectivity index (χ4v) is 2.90. The molecule has 0 spiro atoms. The zero-order chi connectivity index (χ0) is 15.1. The van der Waals surface area contributed by atoms with Crippen molar-refractivity contribution in [2.75, 3.05) is 0 Å². The fraction of sp³-hybridized carbons (Fsp3) is 0.158. The van der Waals surface area contributed by atoms with Crippen molar-refractivity contribution >= 4 is 21.9 Å². The van der Waals surface area contributed by atoms with Crippen molar-refractivity contribution in [3.8, 4) is 5.82 Å². The summed E-state index contributed by atoms with van der Waals surface area (Å²) in [6.45, 7) is 4.36. The molecule has 0 amide bonds. The molecule has 0 bridgehead atoms. The molecule has 0 atom stereocenters. The van der Waals surface area contributed by atoms with Crippen LogP contribution in [0.1, 0.15) is 25.3 Å². The minimum atomic E-state index is 0.484. The van der Waals surface area contributed by atoms with E-state index in [4.69, 9.17) is 0 Å². The highest BCUT2D eigenvalue weighted by molar-refractivity contribution is 6.07. The zero-order valence-electron chi connectivity index (χ0n) is 12.7. The lowest BCUT2D eigenvalue weighted by Crippen LogP contribution is -1.99. The van der Waals surface area contributed by atoms with Crippen LogP contribution in [-0.2, 0) is 0 Å². The van der Waals surface area contributed by atoms with Gasteiger partial charge in [-0.25, -0.2) is 9.97 Å². The van der Waals surface area contributed by atoms with Gasteiger partial charge in [-0.15, -0.1) is 0 Å². The number of benzene rings is 1. The Morgan fingerprint density at radius 2 is 1.68 bits per heavy atom. The Labute approximate surface area is 129 Å². The van der Waals surface area contributed by atoms with Gasteiger partial charge in [-0.05, 0) is 35.7 Å². The van der Waals surface area contributed by atoms with Gasteiger partial charge in [0.25, 0.3) is 0 Å². The summed E-state index contributed by atoms with van der Waals surface area (Å²) in [6.07, 6.45) is 3.80. The van der Waals surface area contributed by atoms with E-state index in [0.29, 0.717) is 5.92 Å². The van der Waals surface area contributed by atoms with Gasteiger partial charge in [-0.1, -0.05) is 38.1 Å². The van der Waals surface area contributed by atoms with Crippen molar-refractivity contribution < 1.29 is 0 Å². The molecule has 3 aromatic heterocycles. The van der Waals surface area contributed by atoms with Crippen molar-refractivity contribution in [2.45, 2.75) is 19.8 Å². The quantitative estimate of drug-likeness (QED) is 0.535. The largest absolute Gasteiger partial charge is 0.278 e. The Kier molecular flexibility index (Phi) is 2.93. The highest BCUT2D eigenvalue weighted by atomic mass is 15.1. The smallest absolute Gasteiger partial charge is 0.146 e. The molecule has 0 unspecified atom stereocenters. The minimum absolute atomic E-state index is 0.484. The van der Waals surface area contributed by atoms with E-state index in [-0.39, 0.29) is 0 Å². The lowest BCUT2D eigenvalue weighted by Gasteiger charge is -2.08. The van der Waals surface area contributed by atoms with Gasteiger partial charge in [0.05, 0.1) is 5.52 Å². The van der Waals surface area contributed by atoms with E-state index in [1.807, 2.05) is 18.5 Å². The van der Waals surface area contributed by atoms with Gasteiger partial charge in [-0.3, -0.25) is 4.57 Å². The highest BCUT2D eigenvalue weighted by Gasteiger charge is 2.13. The number of pyridine rings is 2. The number of nitrogens with zero attached hydrogens (tertiary/aromatic N) is 3. The number of hydrogen-bond acceptors (Lipinski definition) is 2. The maximum atomic E-state index is 4.67. The molecular formula is C19H17N3. The van der Waals surface area contributed by atoms with Gasteiger partial charge in [0, 0.05) is 23.2 Å². The van der Waals surface area contributed by atoms with E-state index >= 15 is 0 Å². The first-order valence-electron chi connectivity index (χ1n) is 7.56. The average molecular weight is 287 g/mol. The maximum Gasteiger partial charge on any atom is 0.146 e. The first-order chi connectivity index (χ1) is 10.8. The Morgan fingerprint density at radius 1 is 0.864 bits per heavy atom. The highest BCUT2D eigenvalue weighted by Crippen LogP contribution is 2.29. The molecule has 4 aromatic rings. The average Bonchev–Trinajstić information content (AvgIpc) is 2.89. The number of aromatic nitrogens is 3.